The Balaban J connectivity index is 0.00000192. The molecule has 3 rings (SSSR count). The molecule has 1 aromatic carbocycles. The van der Waals surface area contributed by atoms with Gasteiger partial charge in [-0.2, -0.15) is 0 Å². The van der Waals surface area contributed by atoms with E-state index in [2.05, 4.69) is 0 Å². The Hall–Kier alpha value is -1.07. The lowest BCUT2D eigenvalue weighted by Crippen LogP contribution is -2.42. The Morgan fingerprint density at radius 3 is 2.65 bits per heavy atom. The summed E-state index contributed by atoms with van der Waals surface area (Å²) in [4.78, 5) is 16.5. The number of carbonyl (C=O) groups is 1. The maximum atomic E-state index is 12.6. The SMILES string of the molecule is Cc1cc(C(=O)N2CCC(N)CC2)sc1-c1cccc(Cl)c1.Cl. The number of halogens is 2. The quantitative estimate of drug-likeness (QED) is 0.853. The summed E-state index contributed by atoms with van der Waals surface area (Å²) in [5.41, 5.74) is 8.09. The molecule has 2 aromatic rings. The molecule has 3 nitrogen and oxygen atoms in total. The number of hydrogen-bond donors (Lipinski definition) is 1. The second-order valence-electron chi connectivity index (χ2n) is 5.76. The van der Waals surface area contributed by atoms with Crippen LogP contribution >= 0.6 is 35.3 Å². The molecule has 0 spiro atoms. The highest BCUT2D eigenvalue weighted by Gasteiger charge is 2.23. The molecule has 1 aliphatic rings. The van der Waals surface area contributed by atoms with Crippen molar-refractivity contribution in [3.63, 3.8) is 0 Å². The monoisotopic (exact) mass is 370 g/mol. The Bertz CT molecular complexity index is 694. The fraction of sp³-hybridized carbons (Fsp3) is 0.353. The third-order valence-electron chi connectivity index (χ3n) is 4.04. The van der Waals surface area contributed by atoms with E-state index in [1.807, 2.05) is 42.2 Å². The van der Waals surface area contributed by atoms with Crippen LogP contribution in [0.4, 0.5) is 0 Å². The maximum absolute atomic E-state index is 12.6. The molecule has 0 bridgehead atoms. The molecule has 0 aliphatic carbocycles. The number of likely N-dealkylation sites (tertiary alicyclic amines) is 1. The van der Waals surface area contributed by atoms with Gasteiger partial charge in [0, 0.05) is 29.0 Å². The van der Waals surface area contributed by atoms with E-state index in [0.29, 0.717) is 5.02 Å². The van der Waals surface area contributed by atoms with Gasteiger partial charge in [-0.05, 0) is 49.1 Å². The summed E-state index contributed by atoms with van der Waals surface area (Å²) in [5, 5.41) is 0.711. The van der Waals surface area contributed by atoms with Crippen molar-refractivity contribution in [2.24, 2.45) is 5.73 Å². The fourth-order valence-electron chi connectivity index (χ4n) is 2.76. The molecule has 1 fully saturated rings. The number of piperidine rings is 1. The van der Waals surface area contributed by atoms with Crippen molar-refractivity contribution in [2.45, 2.75) is 25.8 Å². The van der Waals surface area contributed by atoms with Crippen LogP contribution in [0, 0.1) is 6.92 Å². The van der Waals surface area contributed by atoms with Gasteiger partial charge in [-0.1, -0.05) is 23.7 Å². The van der Waals surface area contributed by atoms with Gasteiger partial charge in [-0.3, -0.25) is 4.79 Å². The molecule has 23 heavy (non-hydrogen) atoms. The van der Waals surface area contributed by atoms with Gasteiger partial charge in [-0.15, -0.1) is 23.7 Å². The van der Waals surface area contributed by atoms with Crippen LogP contribution in [-0.2, 0) is 0 Å². The van der Waals surface area contributed by atoms with E-state index in [0.717, 1.165) is 46.8 Å². The van der Waals surface area contributed by atoms with Gasteiger partial charge in [0.1, 0.15) is 0 Å². The van der Waals surface area contributed by atoms with E-state index < -0.39 is 0 Å². The summed E-state index contributed by atoms with van der Waals surface area (Å²) < 4.78 is 0. The number of benzene rings is 1. The highest BCUT2D eigenvalue weighted by Crippen LogP contribution is 2.34. The number of carbonyl (C=O) groups excluding carboxylic acids is 1. The zero-order chi connectivity index (χ0) is 15.7. The van der Waals surface area contributed by atoms with E-state index in [4.69, 9.17) is 17.3 Å². The average molecular weight is 371 g/mol. The van der Waals surface area contributed by atoms with Gasteiger partial charge in [0.2, 0.25) is 0 Å². The number of aryl methyl sites for hydroxylation is 1. The first-order valence-electron chi connectivity index (χ1n) is 7.46. The van der Waals surface area contributed by atoms with Crippen molar-refractivity contribution in [1.29, 1.82) is 0 Å². The first-order valence-corrected chi connectivity index (χ1v) is 8.65. The molecule has 1 amide bonds. The third-order valence-corrected chi connectivity index (χ3v) is 5.55. The van der Waals surface area contributed by atoms with Crippen LogP contribution in [0.1, 0.15) is 28.1 Å². The summed E-state index contributed by atoms with van der Waals surface area (Å²) in [6.07, 6.45) is 1.77. The summed E-state index contributed by atoms with van der Waals surface area (Å²) in [6, 6.07) is 9.98. The van der Waals surface area contributed by atoms with Crippen LogP contribution in [0.25, 0.3) is 10.4 Å². The minimum atomic E-state index is 0. The number of nitrogens with zero attached hydrogens (tertiary/aromatic N) is 1. The summed E-state index contributed by atoms with van der Waals surface area (Å²) in [5.74, 6) is 0.119. The van der Waals surface area contributed by atoms with Gasteiger partial charge >= 0.3 is 0 Å². The molecule has 0 saturated carbocycles. The van der Waals surface area contributed by atoms with Gasteiger partial charge in [-0.25, -0.2) is 0 Å². The lowest BCUT2D eigenvalue weighted by atomic mass is 10.1. The first-order chi connectivity index (χ1) is 10.5. The molecule has 6 heteroatoms. The Morgan fingerprint density at radius 1 is 1.30 bits per heavy atom. The van der Waals surface area contributed by atoms with Gasteiger partial charge in [0.25, 0.3) is 5.91 Å². The van der Waals surface area contributed by atoms with Gasteiger partial charge in [0.15, 0.2) is 0 Å². The lowest BCUT2D eigenvalue weighted by molar-refractivity contribution is 0.0719. The molecule has 0 unspecified atom stereocenters. The average Bonchev–Trinajstić information content (AvgIpc) is 2.89. The molecule has 0 atom stereocenters. The van der Waals surface area contributed by atoms with Gasteiger partial charge in [0.05, 0.1) is 4.88 Å². The van der Waals surface area contributed by atoms with Crippen LogP contribution in [-0.4, -0.2) is 29.9 Å². The van der Waals surface area contributed by atoms with Crippen LogP contribution in [0.2, 0.25) is 5.02 Å². The van der Waals surface area contributed by atoms with Crippen molar-refractivity contribution in [1.82, 2.24) is 4.90 Å². The molecule has 0 radical (unpaired) electrons. The van der Waals surface area contributed by atoms with E-state index in [9.17, 15) is 4.79 Å². The molecular formula is C17H20Cl2N2OS. The fourth-order valence-corrected chi connectivity index (χ4v) is 4.09. The van der Waals surface area contributed by atoms with E-state index in [1.54, 1.807) is 11.3 Å². The number of hydrogen-bond acceptors (Lipinski definition) is 3. The minimum Gasteiger partial charge on any atom is -0.338 e. The Labute approximate surface area is 151 Å². The van der Waals surface area contributed by atoms with Crippen LogP contribution < -0.4 is 5.73 Å². The predicted octanol–water partition coefficient (Wildman–Crippen LogP) is 4.36. The molecule has 2 N–H and O–H groups in total. The summed E-state index contributed by atoms with van der Waals surface area (Å²) >= 11 is 7.61. The number of thiophene rings is 1. The first kappa shape index (κ1) is 18.3. The highest BCUT2D eigenvalue weighted by molar-refractivity contribution is 7.17. The predicted molar refractivity (Wildman–Crippen MR) is 99.9 cm³/mol. The molecular weight excluding hydrogens is 351 g/mol. The third kappa shape index (κ3) is 4.07. The lowest BCUT2D eigenvalue weighted by Gasteiger charge is -2.29. The number of amides is 1. The summed E-state index contributed by atoms with van der Waals surface area (Å²) in [6.45, 7) is 3.54. The highest BCUT2D eigenvalue weighted by atomic mass is 35.5. The van der Waals surface area contributed by atoms with E-state index >= 15 is 0 Å². The van der Waals surface area contributed by atoms with Crippen LogP contribution in [0.3, 0.4) is 0 Å². The second-order valence-corrected chi connectivity index (χ2v) is 7.25. The van der Waals surface area contributed by atoms with Crippen molar-refractivity contribution in [2.75, 3.05) is 13.1 Å². The molecule has 1 aromatic heterocycles. The molecule has 124 valence electrons. The normalized spacial score (nSPS) is 15.3. The second kappa shape index (κ2) is 7.67. The maximum Gasteiger partial charge on any atom is 0.263 e. The molecule has 1 aliphatic heterocycles. The van der Waals surface area contributed by atoms with Gasteiger partial charge < -0.3 is 10.6 Å². The molecule has 2 heterocycles. The Kier molecular flexibility index (Phi) is 6.09. The Morgan fingerprint density at radius 2 is 2.00 bits per heavy atom. The van der Waals surface area contributed by atoms with Crippen molar-refractivity contribution in [3.8, 4) is 10.4 Å². The van der Waals surface area contributed by atoms with Crippen LogP contribution in [0.15, 0.2) is 30.3 Å². The van der Waals surface area contributed by atoms with Crippen molar-refractivity contribution in [3.05, 3.63) is 45.8 Å². The van der Waals surface area contributed by atoms with E-state index in [-0.39, 0.29) is 24.4 Å². The zero-order valence-electron chi connectivity index (χ0n) is 12.9. The summed E-state index contributed by atoms with van der Waals surface area (Å²) in [7, 11) is 0. The van der Waals surface area contributed by atoms with Crippen molar-refractivity contribution >= 4 is 41.3 Å². The smallest absolute Gasteiger partial charge is 0.263 e. The largest absolute Gasteiger partial charge is 0.338 e. The van der Waals surface area contributed by atoms with Crippen molar-refractivity contribution < 1.29 is 4.79 Å². The number of rotatable bonds is 2. The number of nitrogens with two attached hydrogens (primary N) is 1. The zero-order valence-corrected chi connectivity index (χ0v) is 15.3. The minimum absolute atomic E-state index is 0. The van der Waals surface area contributed by atoms with Crippen LogP contribution in [0.5, 0.6) is 0 Å². The van der Waals surface area contributed by atoms with E-state index in [1.165, 1.54) is 0 Å². The topological polar surface area (TPSA) is 46.3 Å². The standard InChI is InChI=1S/C17H19ClN2OS.ClH/c1-11-9-15(17(21)20-7-5-14(19)6-8-20)22-16(11)12-3-2-4-13(18)10-12;/h2-4,9-10,14H,5-8,19H2,1H3;1H. The molecule has 1 saturated heterocycles.